The number of amides is 4. The number of sulfonamides is 1. The van der Waals surface area contributed by atoms with Crippen molar-refractivity contribution in [2.24, 2.45) is 11.8 Å². The first-order chi connectivity index (χ1) is 45.0. The van der Waals surface area contributed by atoms with E-state index in [0.29, 0.717) is 79.0 Å². The summed E-state index contributed by atoms with van der Waals surface area (Å²) in [6.07, 6.45) is 12.4. The predicted octanol–water partition coefficient (Wildman–Crippen LogP) is 11.8. The molecule has 2 saturated heterocycles. The number of benzene rings is 4. The molecule has 2 saturated carbocycles. The molecule has 6 aromatic rings. The number of carbonyl (C=O) groups is 6. The minimum absolute atomic E-state index is 0.00113. The zero-order valence-electron chi connectivity index (χ0n) is 54.7. The third kappa shape index (κ3) is 13.6. The second-order valence-electron chi connectivity index (χ2n) is 28.6. The van der Waals surface area contributed by atoms with E-state index in [1.807, 2.05) is 72.8 Å². The van der Waals surface area contributed by atoms with Crippen LogP contribution < -0.4 is 19.5 Å². The van der Waals surface area contributed by atoms with Crippen LogP contribution in [0.2, 0.25) is 0 Å². The van der Waals surface area contributed by atoms with Crippen molar-refractivity contribution in [2.75, 3.05) is 20.2 Å². The fourth-order valence-corrected chi connectivity index (χ4v) is 15.1. The molecule has 4 fully saturated rings. The van der Waals surface area contributed by atoms with Gasteiger partial charge in [0.2, 0.25) is 21.8 Å². The Labute approximate surface area is 551 Å². The van der Waals surface area contributed by atoms with Gasteiger partial charge < -0.3 is 33.9 Å². The molecule has 500 valence electrons. The Morgan fingerprint density at radius 2 is 1.40 bits per heavy atom. The number of allylic oxidation sites excluding steroid dienone is 1. The first kappa shape index (κ1) is 66.2. The van der Waals surface area contributed by atoms with E-state index in [1.54, 1.807) is 72.7 Å². The van der Waals surface area contributed by atoms with E-state index in [2.05, 4.69) is 10.0 Å². The van der Waals surface area contributed by atoms with Crippen molar-refractivity contribution in [1.82, 2.24) is 29.8 Å². The molecule has 7 atom stereocenters. The first-order valence-corrected chi connectivity index (χ1v) is 34.1. The van der Waals surface area contributed by atoms with Crippen LogP contribution in [0.4, 0.5) is 13.6 Å². The molecule has 22 heteroatoms. The molecular formula is C73H80F2N6O13S. The van der Waals surface area contributed by atoms with Crippen molar-refractivity contribution in [3.8, 4) is 34.0 Å². The minimum atomic E-state index is -4.02. The van der Waals surface area contributed by atoms with E-state index in [-0.39, 0.29) is 44.6 Å². The van der Waals surface area contributed by atoms with Crippen LogP contribution in [0.15, 0.2) is 115 Å². The molecule has 7 aliphatic rings. The molecule has 0 radical (unpaired) electrons. The highest BCUT2D eigenvalue weighted by Gasteiger charge is 2.64. The number of pyridine rings is 2. The van der Waals surface area contributed by atoms with Gasteiger partial charge in [0.1, 0.15) is 68.8 Å². The lowest BCUT2D eigenvalue weighted by molar-refractivity contribution is -0.159. The van der Waals surface area contributed by atoms with Crippen LogP contribution in [0, 0.1) is 23.5 Å². The summed E-state index contributed by atoms with van der Waals surface area (Å²) < 4.78 is 86.5. The topological polar surface area (TPSA) is 239 Å². The molecule has 4 amide bonds. The summed E-state index contributed by atoms with van der Waals surface area (Å²) in [5, 5.41) is 4.72. The quantitative estimate of drug-likeness (QED) is 0.0818. The van der Waals surface area contributed by atoms with E-state index in [1.165, 1.54) is 41.2 Å². The zero-order valence-corrected chi connectivity index (χ0v) is 55.5. The second kappa shape index (κ2) is 25.1. The smallest absolute Gasteiger partial charge is 0.411 e. The van der Waals surface area contributed by atoms with Crippen molar-refractivity contribution in [3.63, 3.8) is 0 Å². The number of carbonyl (C=O) groups excluding carboxylic acids is 6. The van der Waals surface area contributed by atoms with Gasteiger partial charge in [-0.1, -0.05) is 91.7 Å². The summed E-state index contributed by atoms with van der Waals surface area (Å²) in [4.78, 5) is 95.4. The number of nitrogens with one attached hydrogen (secondary N) is 2. The number of fused-ring (bicyclic) bond motifs is 8. The van der Waals surface area contributed by atoms with Gasteiger partial charge in [-0.05, 0) is 142 Å². The standard InChI is InChI=1S/C45H53FN4O8S.C28H27FN2O5/c1-42(2,3)57-36(51)24-29-13-8-6-5-7-9-15-30-25-45(30,41(54)49-59(55,56)43(4)21-22-43)48-39(52)35-26-44(27-50(35)40(29)53)20-19-33-32-17-10-11-18-34(32)47-37(38(33)58-44)28-14-12-16-31(46)23-28;1-27(2,3)36-26(33)31-16-28(15-22(31)25(32)34-4)13-12-20-19-10-5-6-11-21(19)30-23(24(20)35-28)17-8-7-9-18(29)14-17/h9-12,14-18,23,29-30,35H,5-8,13,19-22,24-27H2,1-4H3,(H,48,52)(H,49,54);5-14,22H,15-16H2,1-4H3/b15-9-;/t29-,30-,35+,44+,45-;22-,28-/m10/s1. The number of nitrogens with zero attached hydrogens (tertiary/aromatic N) is 4. The van der Waals surface area contributed by atoms with Gasteiger partial charge in [0, 0.05) is 57.7 Å². The largest absolute Gasteiger partial charge is 0.483 e. The fraction of sp³-hybridized carbons (Fsp3) is 0.452. The van der Waals surface area contributed by atoms with E-state index in [0.717, 1.165) is 45.8 Å². The van der Waals surface area contributed by atoms with Gasteiger partial charge in [0.15, 0.2) is 5.75 Å². The number of hydrogen-bond donors (Lipinski definition) is 2. The lowest BCUT2D eigenvalue weighted by atomic mass is 9.86. The maximum atomic E-state index is 15.0. The van der Waals surface area contributed by atoms with E-state index >= 15 is 0 Å². The minimum Gasteiger partial charge on any atom is -0.483 e. The Morgan fingerprint density at radius 1 is 0.758 bits per heavy atom. The van der Waals surface area contributed by atoms with E-state index in [4.69, 9.17) is 33.7 Å². The van der Waals surface area contributed by atoms with Gasteiger partial charge in [0.05, 0.1) is 42.4 Å². The Bertz CT molecular complexity index is 4280. The summed E-state index contributed by atoms with van der Waals surface area (Å²) in [5.74, 6) is -4.04. The highest BCUT2D eigenvalue weighted by Crippen LogP contribution is 2.51. The molecule has 0 unspecified atom stereocenters. The molecular weight excluding hydrogens is 1240 g/mol. The third-order valence-corrected chi connectivity index (χ3v) is 21.2. The molecule has 2 aromatic heterocycles. The molecule has 2 aliphatic carbocycles. The van der Waals surface area contributed by atoms with Crippen molar-refractivity contribution < 1.29 is 69.7 Å². The van der Waals surface area contributed by atoms with Crippen LogP contribution >= 0.6 is 0 Å². The van der Waals surface area contributed by atoms with Gasteiger partial charge in [-0.25, -0.2) is 36.8 Å². The average Bonchev–Trinajstić information content (AvgIpc) is 1.63. The van der Waals surface area contributed by atoms with Crippen LogP contribution in [0.1, 0.15) is 137 Å². The molecule has 2 spiro atoms. The normalized spacial score (nSPS) is 25.6. The van der Waals surface area contributed by atoms with Crippen LogP contribution in [0.25, 0.3) is 50.4 Å². The Balaban J connectivity index is 0.000000205. The zero-order chi connectivity index (χ0) is 67.6. The van der Waals surface area contributed by atoms with Gasteiger partial charge in [0.25, 0.3) is 5.91 Å². The number of likely N-dealkylation sites (tertiary alicyclic amines) is 1. The number of para-hydroxylation sites is 2. The number of methoxy groups -OCH3 is 1. The fourth-order valence-electron chi connectivity index (χ4n) is 13.8. The highest BCUT2D eigenvalue weighted by molar-refractivity contribution is 7.91. The average molecular weight is 1320 g/mol. The molecule has 5 aliphatic heterocycles. The predicted molar refractivity (Wildman–Crippen MR) is 352 cm³/mol. The summed E-state index contributed by atoms with van der Waals surface area (Å²) in [7, 11) is -2.73. The maximum Gasteiger partial charge on any atom is 0.411 e. The molecule has 7 heterocycles. The van der Waals surface area contributed by atoms with Crippen molar-refractivity contribution in [2.45, 2.75) is 177 Å². The molecule has 19 nitrogen and oxygen atoms in total. The molecule has 0 bridgehead atoms. The lowest BCUT2D eigenvalue weighted by Gasteiger charge is -2.37. The second-order valence-corrected chi connectivity index (χ2v) is 30.8. The van der Waals surface area contributed by atoms with Crippen molar-refractivity contribution in [1.29, 1.82) is 0 Å². The number of halogens is 2. The number of hydrogen-bond acceptors (Lipinski definition) is 15. The molecule has 95 heavy (non-hydrogen) atoms. The molecule has 4 aromatic carbocycles. The number of ether oxygens (including phenoxy) is 5. The lowest BCUT2D eigenvalue weighted by Crippen LogP contribution is -2.57. The third-order valence-electron chi connectivity index (χ3n) is 19.1. The summed E-state index contributed by atoms with van der Waals surface area (Å²) in [5.41, 5.74) is -0.0145. The molecule has 2 N–H and O–H groups in total. The van der Waals surface area contributed by atoms with Gasteiger partial charge in [-0.2, -0.15) is 0 Å². The van der Waals surface area contributed by atoms with Gasteiger partial charge in [-0.15, -0.1) is 0 Å². The summed E-state index contributed by atoms with van der Waals surface area (Å²) >= 11 is 0. The van der Waals surface area contributed by atoms with Crippen LogP contribution in [-0.4, -0.2) is 129 Å². The Morgan fingerprint density at radius 3 is 2.04 bits per heavy atom. The number of esters is 2. The van der Waals surface area contributed by atoms with Crippen LogP contribution in [-0.2, 0) is 54.6 Å². The Kier molecular flexibility index (Phi) is 17.5. The summed E-state index contributed by atoms with van der Waals surface area (Å²) in [6, 6.07) is 25.6. The van der Waals surface area contributed by atoms with Crippen molar-refractivity contribution in [3.05, 3.63) is 138 Å². The summed E-state index contributed by atoms with van der Waals surface area (Å²) in [6.45, 7) is 12.3. The van der Waals surface area contributed by atoms with E-state index < -0.39 is 108 Å². The van der Waals surface area contributed by atoms with Crippen LogP contribution in [0.3, 0.4) is 0 Å². The highest BCUT2D eigenvalue weighted by atomic mass is 32.2. The van der Waals surface area contributed by atoms with Crippen LogP contribution in [0.5, 0.6) is 11.5 Å². The SMILES string of the molecule is CC(C)(C)OC(=O)C[C@H]1CCCCC/C=C\[C@@H]2C[C@@]2(C(=O)NS(=O)(=O)C2(C)CC2)NC(=O)[C@@H]2C[C@@]3(CCc4c(c(-c5cccc(F)c5)nc5ccccc45)O3)CN2C1=O.COC(=O)[C@@H]1C[C@@]2(C=Cc3c(c(-c4cccc(F)c4)nc4ccccc34)O2)CN1C(=O)OC(C)(C)C. The van der Waals surface area contributed by atoms with Crippen molar-refractivity contribution >= 4 is 73.7 Å². The Hall–Kier alpha value is -8.79. The number of aromatic nitrogens is 2. The maximum absolute atomic E-state index is 15.0. The first-order valence-electron chi connectivity index (χ1n) is 32.6. The van der Waals surface area contributed by atoms with E-state index in [9.17, 15) is 46.0 Å². The van der Waals surface area contributed by atoms with Gasteiger partial charge in [-0.3, -0.25) is 28.8 Å². The van der Waals surface area contributed by atoms with Gasteiger partial charge >= 0.3 is 18.0 Å². The molecule has 13 rings (SSSR count). The number of rotatable bonds is 8. The monoisotopic (exact) mass is 1320 g/mol. The number of aryl methyl sites for hydroxylation is 1.